The van der Waals surface area contributed by atoms with Crippen molar-refractivity contribution in [1.29, 1.82) is 0 Å². The van der Waals surface area contributed by atoms with Gasteiger partial charge in [0.25, 0.3) is 0 Å². The van der Waals surface area contributed by atoms with Crippen LogP contribution in [0.4, 0.5) is 0 Å². The Bertz CT molecular complexity index is 533. The molecule has 1 aromatic rings. The second kappa shape index (κ2) is 11.7. The van der Waals surface area contributed by atoms with Gasteiger partial charge in [0.2, 0.25) is 0 Å². The zero-order valence-electron chi connectivity index (χ0n) is 18.1. The molecule has 1 saturated heterocycles. The van der Waals surface area contributed by atoms with Crippen molar-refractivity contribution in [2.75, 3.05) is 40.3 Å². The van der Waals surface area contributed by atoms with Crippen molar-refractivity contribution < 1.29 is 9.47 Å². The molecule has 0 unspecified atom stereocenters. The molecule has 0 bridgehead atoms. The van der Waals surface area contributed by atoms with Gasteiger partial charge < -0.3 is 14.4 Å². The minimum atomic E-state index is 0.328. The minimum Gasteiger partial charge on any atom is -0.493 e. The number of unbranched alkanes of at least 4 members (excludes halogenated alkanes) is 1. The Balaban J connectivity index is 1.97. The van der Waals surface area contributed by atoms with Gasteiger partial charge in [-0.25, -0.2) is 0 Å². The maximum absolute atomic E-state index is 6.37. The number of morpholine rings is 1. The lowest BCUT2D eigenvalue weighted by Gasteiger charge is -2.40. The van der Waals surface area contributed by atoms with Crippen LogP contribution in [-0.2, 0) is 11.3 Å². The van der Waals surface area contributed by atoms with Crippen molar-refractivity contribution in [3.8, 4) is 5.75 Å². The van der Waals surface area contributed by atoms with Crippen molar-refractivity contribution in [1.82, 2.24) is 9.80 Å². The molecule has 4 nitrogen and oxygen atoms in total. The Morgan fingerprint density at radius 3 is 2.67 bits per heavy atom. The largest absolute Gasteiger partial charge is 0.493 e. The number of benzene rings is 1. The quantitative estimate of drug-likeness (QED) is 0.533. The number of ether oxygens (including phenoxy) is 2. The van der Waals surface area contributed by atoms with Gasteiger partial charge in [-0.2, -0.15) is 0 Å². The van der Waals surface area contributed by atoms with E-state index in [1.165, 1.54) is 24.8 Å². The zero-order valence-corrected chi connectivity index (χ0v) is 18.1. The van der Waals surface area contributed by atoms with Gasteiger partial charge >= 0.3 is 0 Å². The van der Waals surface area contributed by atoms with Crippen LogP contribution in [0.3, 0.4) is 0 Å². The number of hydrogen-bond acceptors (Lipinski definition) is 4. The Hall–Kier alpha value is -1.10. The second-order valence-corrected chi connectivity index (χ2v) is 8.49. The molecular formula is C23H40N2O2. The maximum Gasteiger partial charge on any atom is 0.123 e. The van der Waals surface area contributed by atoms with Crippen LogP contribution in [-0.4, -0.2) is 62.3 Å². The lowest BCUT2D eigenvalue weighted by Crippen LogP contribution is -2.49. The SMILES string of the molecule is CCCC[C@@H]1CN(Cc2ccccc2OCCCN(C)C)C[C@H](C(C)C)O1. The lowest BCUT2D eigenvalue weighted by molar-refractivity contribution is -0.108. The van der Waals surface area contributed by atoms with Crippen LogP contribution in [0.25, 0.3) is 0 Å². The third-order valence-corrected chi connectivity index (χ3v) is 5.26. The predicted octanol–water partition coefficient (Wildman–Crippen LogP) is 4.43. The molecule has 2 atom stereocenters. The standard InChI is InChI=1S/C23H40N2O2/c1-6-7-12-21-17-25(18-23(27-21)19(2)3)16-20-11-8-9-13-22(20)26-15-10-14-24(4)5/h8-9,11,13,19,21,23H,6-7,10,12,14-18H2,1-5H3/t21-,23-/m1/s1. The zero-order chi connectivity index (χ0) is 19.6. The van der Waals surface area contributed by atoms with E-state index >= 15 is 0 Å². The lowest BCUT2D eigenvalue weighted by atomic mass is 10.0. The van der Waals surface area contributed by atoms with Crippen LogP contribution in [0.15, 0.2) is 24.3 Å². The van der Waals surface area contributed by atoms with Gasteiger partial charge in [0.1, 0.15) is 5.75 Å². The summed E-state index contributed by atoms with van der Waals surface area (Å²) in [5, 5.41) is 0. The first-order chi connectivity index (χ1) is 13.0. The summed E-state index contributed by atoms with van der Waals surface area (Å²) in [6, 6.07) is 8.52. The van der Waals surface area contributed by atoms with Crippen molar-refractivity contribution in [3.05, 3.63) is 29.8 Å². The molecule has 0 aromatic heterocycles. The van der Waals surface area contributed by atoms with Gasteiger partial charge in [-0.1, -0.05) is 51.8 Å². The van der Waals surface area contributed by atoms with Crippen LogP contribution in [0.2, 0.25) is 0 Å². The highest BCUT2D eigenvalue weighted by Crippen LogP contribution is 2.25. The first kappa shape index (κ1) is 22.2. The Morgan fingerprint density at radius 1 is 1.19 bits per heavy atom. The van der Waals surface area contributed by atoms with Gasteiger partial charge in [0.05, 0.1) is 18.8 Å². The predicted molar refractivity (Wildman–Crippen MR) is 113 cm³/mol. The van der Waals surface area contributed by atoms with Crippen LogP contribution in [0, 0.1) is 5.92 Å². The smallest absolute Gasteiger partial charge is 0.123 e. The summed E-state index contributed by atoms with van der Waals surface area (Å²) in [7, 11) is 4.21. The third-order valence-electron chi connectivity index (χ3n) is 5.26. The van der Waals surface area contributed by atoms with Gasteiger partial charge in [-0.3, -0.25) is 4.90 Å². The maximum atomic E-state index is 6.37. The minimum absolute atomic E-state index is 0.328. The summed E-state index contributed by atoms with van der Waals surface area (Å²) >= 11 is 0. The average molecular weight is 377 g/mol. The molecule has 0 spiro atoms. The van der Waals surface area contributed by atoms with E-state index in [4.69, 9.17) is 9.47 Å². The fraction of sp³-hybridized carbons (Fsp3) is 0.739. The topological polar surface area (TPSA) is 24.9 Å². The van der Waals surface area contributed by atoms with Gasteiger partial charge in [-0.05, 0) is 38.9 Å². The van der Waals surface area contributed by atoms with E-state index in [1.54, 1.807) is 0 Å². The summed E-state index contributed by atoms with van der Waals surface area (Å²) in [6.45, 7) is 11.6. The highest BCUT2D eigenvalue weighted by molar-refractivity contribution is 5.33. The summed E-state index contributed by atoms with van der Waals surface area (Å²) in [6.07, 6.45) is 5.38. The van der Waals surface area contributed by atoms with Crippen LogP contribution in [0.5, 0.6) is 5.75 Å². The van der Waals surface area contributed by atoms with E-state index in [1.807, 2.05) is 0 Å². The summed E-state index contributed by atoms with van der Waals surface area (Å²) < 4.78 is 12.5. The van der Waals surface area contributed by atoms with Crippen molar-refractivity contribution in [2.24, 2.45) is 5.92 Å². The normalized spacial score (nSPS) is 21.1. The van der Waals surface area contributed by atoms with Gasteiger partial charge in [-0.15, -0.1) is 0 Å². The highest BCUT2D eigenvalue weighted by Gasteiger charge is 2.29. The van der Waals surface area contributed by atoms with Crippen LogP contribution in [0.1, 0.15) is 52.0 Å². The van der Waals surface area contributed by atoms with Crippen LogP contribution >= 0.6 is 0 Å². The molecule has 1 fully saturated rings. The number of para-hydroxylation sites is 1. The van der Waals surface area contributed by atoms with Crippen molar-refractivity contribution in [3.63, 3.8) is 0 Å². The summed E-state index contributed by atoms with van der Waals surface area (Å²) in [4.78, 5) is 4.77. The van der Waals surface area contributed by atoms with E-state index in [0.29, 0.717) is 18.1 Å². The summed E-state index contributed by atoms with van der Waals surface area (Å²) in [5.41, 5.74) is 1.29. The first-order valence-electron chi connectivity index (χ1n) is 10.7. The molecule has 1 heterocycles. The Kier molecular flexibility index (Phi) is 9.60. The Morgan fingerprint density at radius 2 is 1.96 bits per heavy atom. The molecule has 0 saturated carbocycles. The van der Waals surface area contributed by atoms with Gasteiger partial charge in [0.15, 0.2) is 0 Å². The molecule has 154 valence electrons. The van der Waals surface area contributed by atoms with Crippen molar-refractivity contribution >= 4 is 0 Å². The second-order valence-electron chi connectivity index (χ2n) is 8.49. The fourth-order valence-electron chi connectivity index (χ4n) is 3.62. The molecule has 1 aromatic carbocycles. The monoisotopic (exact) mass is 376 g/mol. The summed E-state index contributed by atoms with van der Waals surface area (Å²) in [5.74, 6) is 1.59. The van der Waals surface area contributed by atoms with Gasteiger partial charge in [0, 0.05) is 31.7 Å². The first-order valence-corrected chi connectivity index (χ1v) is 10.7. The van der Waals surface area contributed by atoms with E-state index in [2.05, 4.69) is 68.9 Å². The Labute approximate surface area is 166 Å². The molecule has 0 N–H and O–H groups in total. The molecular weight excluding hydrogens is 336 g/mol. The average Bonchev–Trinajstić information content (AvgIpc) is 2.64. The van der Waals surface area contributed by atoms with E-state index in [0.717, 1.165) is 45.0 Å². The van der Waals surface area contributed by atoms with E-state index in [9.17, 15) is 0 Å². The molecule has 2 rings (SSSR count). The highest BCUT2D eigenvalue weighted by atomic mass is 16.5. The van der Waals surface area contributed by atoms with Crippen molar-refractivity contribution in [2.45, 2.75) is 65.2 Å². The van der Waals surface area contributed by atoms with Crippen LogP contribution < -0.4 is 4.74 Å². The number of rotatable bonds is 11. The molecule has 0 radical (unpaired) electrons. The molecule has 0 aliphatic carbocycles. The molecule has 1 aliphatic rings. The van der Waals surface area contributed by atoms with E-state index in [-0.39, 0.29) is 0 Å². The number of hydrogen-bond donors (Lipinski definition) is 0. The number of nitrogens with zero attached hydrogens (tertiary/aromatic N) is 2. The molecule has 27 heavy (non-hydrogen) atoms. The molecule has 4 heteroatoms. The fourth-order valence-corrected chi connectivity index (χ4v) is 3.62. The molecule has 1 aliphatic heterocycles. The third kappa shape index (κ3) is 7.81. The van der Waals surface area contributed by atoms with E-state index < -0.39 is 0 Å². The molecule has 0 amide bonds.